The van der Waals surface area contributed by atoms with Crippen LogP contribution in [0.15, 0.2) is 122 Å². The van der Waals surface area contributed by atoms with E-state index in [1.807, 2.05) is 0 Å². The molecule has 0 amide bonds. The van der Waals surface area contributed by atoms with Crippen molar-refractivity contribution in [2.45, 2.75) is 0 Å². The zero-order chi connectivity index (χ0) is 23.8. The van der Waals surface area contributed by atoms with Gasteiger partial charge in [0.05, 0.1) is 0 Å². The first-order valence-electron chi connectivity index (χ1n) is 12.5. The third kappa shape index (κ3) is 2.64. The Morgan fingerprint density at radius 3 is 1.50 bits per heavy atom. The molecular formula is C36H22. The van der Waals surface area contributed by atoms with E-state index in [9.17, 15) is 0 Å². The molecule has 0 aliphatic rings. The maximum Gasteiger partial charge on any atom is -0.00206 e. The second-order valence-corrected chi connectivity index (χ2v) is 9.84. The predicted octanol–water partition coefficient (Wildman–Crippen LogP) is 10.2. The monoisotopic (exact) mass is 454 g/mol. The highest BCUT2D eigenvalue weighted by Crippen LogP contribution is 2.39. The molecule has 8 aromatic carbocycles. The molecule has 8 aromatic rings. The Morgan fingerprint density at radius 2 is 0.889 bits per heavy atom. The van der Waals surface area contributed by atoms with Crippen molar-refractivity contribution in [2.75, 3.05) is 0 Å². The molecule has 166 valence electrons. The van der Waals surface area contributed by atoms with E-state index in [2.05, 4.69) is 128 Å². The summed E-state index contributed by atoms with van der Waals surface area (Å²) in [6, 6.07) is 40.0. The topological polar surface area (TPSA) is 0 Å². The van der Waals surface area contributed by atoms with E-state index < -0.39 is 0 Å². The van der Waals surface area contributed by atoms with E-state index in [1.54, 1.807) is 0 Å². The second-order valence-electron chi connectivity index (χ2n) is 9.84. The summed E-state index contributed by atoms with van der Waals surface area (Å²) in [4.78, 5) is 0. The van der Waals surface area contributed by atoms with Gasteiger partial charge in [-0.15, -0.1) is 0 Å². The van der Waals surface area contributed by atoms with Crippen LogP contribution in [0.1, 0.15) is 11.1 Å². The van der Waals surface area contributed by atoms with Crippen LogP contribution in [0.3, 0.4) is 0 Å². The lowest BCUT2D eigenvalue weighted by atomic mass is 9.89. The molecule has 0 fully saturated rings. The summed E-state index contributed by atoms with van der Waals surface area (Å²) in [6.45, 7) is 4.50. The first-order valence-corrected chi connectivity index (χ1v) is 12.5. The van der Waals surface area contributed by atoms with Crippen LogP contribution in [-0.4, -0.2) is 0 Å². The van der Waals surface area contributed by atoms with Crippen molar-refractivity contribution in [1.82, 2.24) is 0 Å². The van der Waals surface area contributed by atoms with E-state index in [4.69, 9.17) is 0 Å². The summed E-state index contributed by atoms with van der Waals surface area (Å²) in [5.74, 6) is 0. The van der Waals surface area contributed by atoms with E-state index >= 15 is 0 Å². The smallest absolute Gasteiger partial charge is 0.00206 e. The molecule has 0 atom stereocenters. The Labute approximate surface area is 209 Å². The van der Waals surface area contributed by atoms with Crippen molar-refractivity contribution in [2.24, 2.45) is 0 Å². The molecule has 8 rings (SSSR count). The van der Waals surface area contributed by atoms with Gasteiger partial charge in [0.1, 0.15) is 0 Å². The third-order valence-electron chi connectivity index (χ3n) is 7.90. The van der Waals surface area contributed by atoms with Gasteiger partial charge in [0, 0.05) is 0 Å². The number of rotatable bonds is 3. The summed E-state index contributed by atoms with van der Waals surface area (Å²) in [5.41, 5.74) is 3.44. The normalized spacial score (nSPS) is 12.4. The van der Waals surface area contributed by atoms with Gasteiger partial charge in [-0.2, -0.15) is 0 Å². The summed E-state index contributed by atoms with van der Waals surface area (Å²) in [7, 11) is 0. The van der Waals surface area contributed by atoms with Gasteiger partial charge in [0.2, 0.25) is 0 Å². The maximum atomic E-state index is 4.50. The fourth-order valence-electron chi connectivity index (χ4n) is 6.20. The van der Waals surface area contributed by atoms with E-state index in [0.717, 1.165) is 5.57 Å². The van der Waals surface area contributed by atoms with Gasteiger partial charge in [-0.1, -0.05) is 128 Å². The van der Waals surface area contributed by atoms with Crippen LogP contribution in [0.25, 0.3) is 76.3 Å². The number of hydrogen-bond donors (Lipinski definition) is 0. The zero-order valence-corrected chi connectivity index (χ0v) is 19.8. The van der Waals surface area contributed by atoms with Crippen LogP contribution in [0.4, 0.5) is 0 Å². The van der Waals surface area contributed by atoms with Crippen molar-refractivity contribution in [3.63, 3.8) is 0 Å². The van der Waals surface area contributed by atoms with Crippen LogP contribution in [0, 0.1) is 0 Å². The zero-order valence-electron chi connectivity index (χ0n) is 19.8. The number of allylic oxidation sites excluding steroid dienone is 2. The molecule has 0 spiro atoms. The molecule has 0 saturated heterocycles. The Bertz CT molecular complexity index is 2120. The van der Waals surface area contributed by atoms with Crippen molar-refractivity contribution in [3.05, 3.63) is 133 Å². The Morgan fingerprint density at radius 1 is 0.444 bits per heavy atom. The minimum atomic E-state index is 1.03. The molecule has 0 nitrogen and oxygen atoms in total. The second kappa shape index (κ2) is 7.16. The highest BCUT2D eigenvalue weighted by Gasteiger charge is 2.12. The standard InChI is InChI=1S/C36H22/c1-22(30-19-16-29-15-13-25-5-3-7-27-18-21-32(30)36(29)34(25)27)8-9-23-10-11-28-14-12-24-4-2-6-26-17-20-31(23)35(28)33(24)26/h2-21H,1H2/b9-8-. The van der Waals surface area contributed by atoms with Gasteiger partial charge in [0.25, 0.3) is 0 Å². The van der Waals surface area contributed by atoms with E-state index in [1.165, 1.54) is 75.8 Å². The van der Waals surface area contributed by atoms with Gasteiger partial charge in [-0.25, -0.2) is 0 Å². The molecule has 0 aliphatic carbocycles. The summed E-state index contributed by atoms with van der Waals surface area (Å²) < 4.78 is 0. The summed E-state index contributed by atoms with van der Waals surface area (Å²) >= 11 is 0. The van der Waals surface area contributed by atoms with Gasteiger partial charge in [0.15, 0.2) is 0 Å². The predicted molar refractivity (Wildman–Crippen MR) is 158 cm³/mol. The quantitative estimate of drug-likeness (QED) is 0.184. The van der Waals surface area contributed by atoms with Crippen LogP contribution >= 0.6 is 0 Å². The fraction of sp³-hybridized carbons (Fsp3) is 0. The van der Waals surface area contributed by atoms with Crippen molar-refractivity contribution >= 4 is 76.3 Å². The van der Waals surface area contributed by atoms with Crippen LogP contribution in [-0.2, 0) is 0 Å². The van der Waals surface area contributed by atoms with Gasteiger partial charge >= 0.3 is 0 Å². The van der Waals surface area contributed by atoms with Crippen LogP contribution < -0.4 is 0 Å². The average molecular weight is 455 g/mol. The Balaban J connectivity index is 1.29. The molecule has 0 heteroatoms. The van der Waals surface area contributed by atoms with Crippen molar-refractivity contribution in [1.29, 1.82) is 0 Å². The van der Waals surface area contributed by atoms with Crippen molar-refractivity contribution in [3.8, 4) is 0 Å². The molecule has 0 N–H and O–H groups in total. The van der Waals surface area contributed by atoms with Gasteiger partial charge in [-0.3, -0.25) is 0 Å². The molecule has 36 heavy (non-hydrogen) atoms. The maximum absolute atomic E-state index is 4.50. The number of hydrogen-bond acceptors (Lipinski definition) is 0. The highest BCUT2D eigenvalue weighted by molar-refractivity contribution is 6.26. The minimum absolute atomic E-state index is 1.03. The average Bonchev–Trinajstić information content (AvgIpc) is 2.93. The first kappa shape index (κ1) is 19.6. The first-order chi connectivity index (χ1) is 17.8. The lowest BCUT2D eigenvalue weighted by Crippen LogP contribution is -1.89. The molecular weight excluding hydrogens is 432 g/mol. The molecule has 0 aliphatic heterocycles. The lowest BCUT2D eigenvalue weighted by Gasteiger charge is -2.14. The lowest BCUT2D eigenvalue weighted by molar-refractivity contribution is 1.71. The molecule has 0 bridgehead atoms. The summed E-state index contributed by atoms with van der Waals surface area (Å²) in [6.07, 6.45) is 4.41. The van der Waals surface area contributed by atoms with Crippen LogP contribution in [0.2, 0.25) is 0 Å². The highest BCUT2D eigenvalue weighted by atomic mass is 14.2. The SMILES string of the molecule is C=C(/C=C\c1ccc2ccc3cccc4ccc1c2c34)c1ccc2ccc3cccc4ccc1c2c34. The fourth-order valence-corrected chi connectivity index (χ4v) is 6.20. The molecule has 0 saturated carbocycles. The molecule has 0 unspecified atom stereocenters. The van der Waals surface area contributed by atoms with E-state index in [0.29, 0.717) is 0 Å². The Kier molecular flexibility index (Phi) is 3.90. The Hall–Kier alpha value is -4.68. The molecule has 0 heterocycles. The minimum Gasteiger partial charge on any atom is -0.0911 e. The van der Waals surface area contributed by atoms with Crippen molar-refractivity contribution < 1.29 is 0 Å². The molecule has 0 aromatic heterocycles. The summed E-state index contributed by atoms with van der Waals surface area (Å²) in [5, 5.41) is 15.7. The molecule has 0 radical (unpaired) electrons. The van der Waals surface area contributed by atoms with E-state index in [-0.39, 0.29) is 0 Å². The number of benzene rings is 8. The van der Waals surface area contributed by atoms with Gasteiger partial charge < -0.3 is 0 Å². The van der Waals surface area contributed by atoms with Crippen LogP contribution in [0.5, 0.6) is 0 Å². The third-order valence-corrected chi connectivity index (χ3v) is 7.90. The van der Waals surface area contributed by atoms with Gasteiger partial charge in [-0.05, 0) is 81.3 Å². The largest absolute Gasteiger partial charge is 0.0911 e.